The molecule has 10 nitrogen and oxygen atoms in total. The molecular formula is C44H72O10. The molecular weight excluding hydrogens is 688 g/mol. The van der Waals surface area contributed by atoms with Gasteiger partial charge in [-0.05, 0) is 135 Å². The Balaban J connectivity index is 1.03. The number of hydrogen-bond acceptors (Lipinski definition) is 10. The monoisotopic (exact) mass is 761 g/mol. The molecule has 4 saturated carbocycles. The second kappa shape index (κ2) is 15.3. The number of hydrogen-bond donors (Lipinski definition) is 5. The van der Waals surface area contributed by atoms with Gasteiger partial charge in [-0.15, -0.1) is 0 Å². The quantitative estimate of drug-likeness (QED) is 0.0956. The molecule has 6 rings (SSSR count). The molecule has 0 aromatic heterocycles. The molecule has 13 atom stereocenters. The summed E-state index contributed by atoms with van der Waals surface area (Å²) in [5, 5.41) is 50.5. The summed E-state index contributed by atoms with van der Waals surface area (Å²) in [4.78, 5) is 26.7. The molecule has 0 radical (unpaired) electrons. The van der Waals surface area contributed by atoms with E-state index in [9.17, 15) is 35.1 Å². The van der Waals surface area contributed by atoms with Crippen LogP contribution in [-0.4, -0.2) is 93.9 Å². The molecule has 1 heterocycles. The van der Waals surface area contributed by atoms with Crippen molar-refractivity contribution in [1.82, 2.24) is 0 Å². The van der Waals surface area contributed by atoms with Gasteiger partial charge in [0, 0.05) is 0 Å². The minimum atomic E-state index is -1.52. The zero-order valence-corrected chi connectivity index (χ0v) is 34.3. The van der Waals surface area contributed by atoms with Gasteiger partial charge in [-0.2, -0.15) is 0 Å². The maximum atomic E-state index is 14.3. The van der Waals surface area contributed by atoms with Gasteiger partial charge in [0.25, 0.3) is 0 Å². The normalized spacial score (nSPS) is 45.1. The number of ether oxygens (including phenoxy) is 3. The zero-order chi connectivity index (χ0) is 39.5. The van der Waals surface area contributed by atoms with Gasteiger partial charge in [-0.3, -0.25) is 9.59 Å². The van der Waals surface area contributed by atoms with E-state index >= 15 is 0 Å². The third-order valence-electron chi connectivity index (χ3n) is 16.9. The predicted molar refractivity (Wildman–Crippen MR) is 204 cm³/mol. The smallest absolute Gasteiger partial charge is 0.312 e. The van der Waals surface area contributed by atoms with E-state index in [0.29, 0.717) is 24.9 Å². The van der Waals surface area contributed by atoms with Crippen LogP contribution in [0.15, 0.2) is 11.6 Å². The van der Waals surface area contributed by atoms with E-state index in [2.05, 4.69) is 54.5 Å². The topological polar surface area (TPSA) is 163 Å². The van der Waals surface area contributed by atoms with Crippen molar-refractivity contribution < 1.29 is 49.3 Å². The lowest BCUT2D eigenvalue weighted by Crippen LogP contribution is -2.65. The van der Waals surface area contributed by atoms with Crippen LogP contribution in [0.25, 0.3) is 0 Å². The fraction of sp³-hybridized carbons (Fsp3) is 0.909. The van der Waals surface area contributed by atoms with E-state index in [1.165, 1.54) is 12.0 Å². The molecule has 0 unspecified atom stereocenters. The average molecular weight is 761 g/mol. The van der Waals surface area contributed by atoms with Crippen LogP contribution >= 0.6 is 0 Å². The summed E-state index contributed by atoms with van der Waals surface area (Å²) < 4.78 is 16.9. The van der Waals surface area contributed by atoms with Crippen molar-refractivity contribution in [3.8, 4) is 0 Å². The number of esters is 2. The molecule has 0 aromatic rings. The molecule has 10 heteroatoms. The van der Waals surface area contributed by atoms with Crippen molar-refractivity contribution in [2.24, 2.45) is 50.2 Å². The third-order valence-corrected chi connectivity index (χ3v) is 16.9. The van der Waals surface area contributed by atoms with Gasteiger partial charge in [-0.25, -0.2) is 0 Å². The third kappa shape index (κ3) is 7.03. The summed E-state index contributed by atoms with van der Waals surface area (Å²) in [6.07, 6.45) is 8.66. The number of carbonyl (C=O) groups excluding carboxylic acids is 2. The Morgan fingerprint density at radius 2 is 1.41 bits per heavy atom. The first kappa shape index (κ1) is 42.1. The van der Waals surface area contributed by atoms with Crippen LogP contribution in [-0.2, 0) is 23.8 Å². The van der Waals surface area contributed by atoms with E-state index in [4.69, 9.17) is 14.2 Å². The summed E-state index contributed by atoms with van der Waals surface area (Å²) in [7, 11) is 0. The van der Waals surface area contributed by atoms with Crippen LogP contribution in [0.5, 0.6) is 0 Å². The van der Waals surface area contributed by atoms with Gasteiger partial charge >= 0.3 is 11.9 Å². The summed E-state index contributed by atoms with van der Waals surface area (Å²) in [5.41, 5.74) is 1.52. The van der Waals surface area contributed by atoms with Crippen molar-refractivity contribution >= 4 is 11.9 Å². The van der Waals surface area contributed by atoms with Crippen LogP contribution in [0, 0.1) is 50.2 Å². The number of unbranched alkanes of at least 4 members (excludes halogenated alkanes) is 3. The highest BCUT2D eigenvalue weighted by Gasteiger charge is 2.69. The molecule has 54 heavy (non-hydrogen) atoms. The first-order valence-corrected chi connectivity index (χ1v) is 21.3. The predicted octanol–water partition coefficient (Wildman–Crippen LogP) is 6.03. The number of allylic oxidation sites excluding steroid dienone is 2. The Bertz CT molecular complexity index is 1410. The van der Waals surface area contributed by atoms with Crippen LogP contribution in [0.2, 0.25) is 0 Å². The molecule has 0 aromatic carbocycles. The van der Waals surface area contributed by atoms with E-state index in [1.807, 2.05) is 0 Å². The Kier molecular flexibility index (Phi) is 11.9. The Hall–Kier alpha value is -1.56. The number of fused-ring (bicyclic) bond motifs is 7. The fourth-order valence-corrected chi connectivity index (χ4v) is 13.2. The highest BCUT2D eigenvalue weighted by atomic mass is 16.6. The molecule has 308 valence electrons. The SMILES string of the molecule is CC1(C)CC[C@]2(C(=O)OCCCCCCOC(=O)C[C@H]3O[C@H](CO)[C@@H](O)[C@H](O)[C@H]3O)CC[C@]3(C)C(=CC[C@@H]4[C@@]5(C)CC[C@H](O)C(C)(C)[C@@H]5CC[C@]43C)[C@@H]2C1. The van der Waals surface area contributed by atoms with Crippen LogP contribution in [0.1, 0.15) is 145 Å². The van der Waals surface area contributed by atoms with E-state index in [-0.39, 0.29) is 58.1 Å². The molecule has 5 N–H and O–H groups in total. The second-order valence-corrected chi connectivity index (χ2v) is 20.6. The van der Waals surface area contributed by atoms with E-state index in [1.54, 1.807) is 0 Å². The molecule has 5 aliphatic carbocycles. The largest absolute Gasteiger partial charge is 0.466 e. The molecule has 5 fully saturated rings. The second-order valence-electron chi connectivity index (χ2n) is 20.6. The number of rotatable bonds is 11. The fourth-order valence-electron chi connectivity index (χ4n) is 13.2. The lowest BCUT2D eigenvalue weighted by Gasteiger charge is -2.71. The summed E-state index contributed by atoms with van der Waals surface area (Å²) in [6, 6.07) is 0. The Labute approximate surface area is 323 Å². The van der Waals surface area contributed by atoms with Gasteiger partial charge in [0.15, 0.2) is 0 Å². The van der Waals surface area contributed by atoms with Gasteiger partial charge in [0.05, 0.1) is 43.9 Å². The molecule has 0 amide bonds. The molecule has 1 saturated heterocycles. The summed E-state index contributed by atoms with van der Waals surface area (Å²) in [5.74, 6) is 0.665. The molecule has 0 bridgehead atoms. The van der Waals surface area contributed by atoms with E-state index in [0.717, 1.165) is 77.0 Å². The number of carbonyl (C=O) groups is 2. The van der Waals surface area contributed by atoms with E-state index < -0.39 is 48.5 Å². The van der Waals surface area contributed by atoms with Gasteiger partial charge < -0.3 is 39.7 Å². The first-order valence-electron chi connectivity index (χ1n) is 21.3. The van der Waals surface area contributed by atoms with Crippen molar-refractivity contribution in [1.29, 1.82) is 0 Å². The van der Waals surface area contributed by atoms with Crippen LogP contribution in [0.4, 0.5) is 0 Å². The highest BCUT2D eigenvalue weighted by molar-refractivity contribution is 5.79. The van der Waals surface area contributed by atoms with Crippen molar-refractivity contribution in [3.05, 3.63) is 11.6 Å². The maximum absolute atomic E-state index is 14.3. The highest BCUT2D eigenvalue weighted by Crippen LogP contribution is 2.75. The van der Waals surface area contributed by atoms with Gasteiger partial charge in [-0.1, -0.05) is 60.1 Å². The van der Waals surface area contributed by atoms with Crippen molar-refractivity contribution in [3.63, 3.8) is 0 Å². The lowest BCUT2D eigenvalue weighted by molar-refractivity contribution is -0.231. The lowest BCUT2D eigenvalue weighted by atomic mass is 9.33. The molecule has 6 aliphatic rings. The first-order chi connectivity index (χ1) is 25.3. The van der Waals surface area contributed by atoms with Crippen molar-refractivity contribution in [2.45, 2.75) is 181 Å². The maximum Gasteiger partial charge on any atom is 0.312 e. The average Bonchev–Trinajstić information content (AvgIpc) is 3.11. The zero-order valence-electron chi connectivity index (χ0n) is 34.3. The van der Waals surface area contributed by atoms with Gasteiger partial charge in [0.2, 0.25) is 0 Å². The van der Waals surface area contributed by atoms with Crippen LogP contribution in [0.3, 0.4) is 0 Å². The van der Waals surface area contributed by atoms with Crippen molar-refractivity contribution in [2.75, 3.05) is 19.8 Å². The summed E-state index contributed by atoms with van der Waals surface area (Å²) in [6.45, 7) is 17.1. The standard InChI is InChI=1S/C44H72O10/c1-39(2)18-20-44(38(51)53-23-11-9-8-10-22-52-34(47)24-29-35(48)37(50)36(49)30(26-45)54-29)21-19-42(6)27(28(44)25-39)12-13-32-41(5)16-15-33(46)40(3,4)31(41)14-17-43(32,42)7/h12,28-33,35-37,45-46,48-50H,8-11,13-26H2,1-7H3/t28-,29+,30+,31-,32+,33-,35-,36+,37+,41-,42+,43+,44-/m0/s1. The minimum absolute atomic E-state index is 0.0148. The Morgan fingerprint density at radius 3 is 2.09 bits per heavy atom. The summed E-state index contributed by atoms with van der Waals surface area (Å²) >= 11 is 0. The van der Waals surface area contributed by atoms with Crippen LogP contribution < -0.4 is 0 Å². The molecule has 0 spiro atoms. The van der Waals surface area contributed by atoms with Gasteiger partial charge in [0.1, 0.15) is 24.4 Å². The number of aliphatic hydroxyl groups excluding tert-OH is 5. The Morgan fingerprint density at radius 1 is 0.759 bits per heavy atom. The minimum Gasteiger partial charge on any atom is -0.466 e. The molecule has 1 aliphatic heterocycles. The number of aliphatic hydroxyl groups is 5.